The molecule has 0 aliphatic heterocycles. The summed E-state index contributed by atoms with van der Waals surface area (Å²) in [5.74, 6) is 0. The van der Waals surface area contributed by atoms with Crippen LogP contribution in [0.25, 0.3) is 10.9 Å². The van der Waals surface area contributed by atoms with Crippen molar-refractivity contribution in [2.45, 2.75) is 6.92 Å². The molecule has 3 nitrogen and oxygen atoms in total. The Kier molecular flexibility index (Phi) is 2.17. The normalized spacial score (nSPS) is 12.3. The zero-order valence-electron chi connectivity index (χ0n) is 7.58. The third-order valence-corrected chi connectivity index (χ3v) is 2.43. The van der Waals surface area contributed by atoms with E-state index in [1.807, 2.05) is 25.1 Å². The Morgan fingerprint density at radius 1 is 1.50 bits per heavy atom. The zero-order valence-corrected chi connectivity index (χ0v) is 8.34. The van der Waals surface area contributed by atoms with Gasteiger partial charge in [-0.05, 0) is 18.6 Å². The number of halogens is 1. The van der Waals surface area contributed by atoms with Crippen molar-refractivity contribution in [3.05, 3.63) is 35.5 Å². The Morgan fingerprint density at radius 3 is 3.00 bits per heavy atom. The average molecular weight is 209 g/mol. The SMILES string of the molecule is Cc1ccc2c(/C(Cl)=N\O)c[nH]c2c1. The van der Waals surface area contributed by atoms with Crippen LogP contribution < -0.4 is 0 Å². The molecule has 0 saturated carbocycles. The number of hydrogen-bond donors (Lipinski definition) is 2. The first kappa shape index (κ1) is 9.09. The maximum absolute atomic E-state index is 8.56. The predicted octanol–water partition coefficient (Wildman–Crippen LogP) is 2.85. The molecule has 0 saturated heterocycles. The van der Waals surface area contributed by atoms with E-state index in [1.165, 1.54) is 5.56 Å². The molecule has 0 fully saturated rings. The quantitative estimate of drug-likeness (QED) is 0.423. The van der Waals surface area contributed by atoms with Crippen LogP contribution >= 0.6 is 11.6 Å². The van der Waals surface area contributed by atoms with E-state index in [0.717, 1.165) is 10.9 Å². The van der Waals surface area contributed by atoms with E-state index in [2.05, 4.69) is 10.1 Å². The summed E-state index contributed by atoms with van der Waals surface area (Å²) in [6, 6.07) is 5.95. The number of oxime groups is 1. The highest BCUT2D eigenvalue weighted by atomic mass is 35.5. The molecule has 0 unspecified atom stereocenters. The molecule has 0 aliphatic rings. The number of hydrogen-bond acceptors (Lipinski definition) is 2. The van der Waals surface area contributed by atoms with Crippen molar-refractivity contribution in [3.63, 3.8) is 0 Å². The average Bonchev–Trinajstić information content (AvgIpc) is 2.59. The number of aryl methyl sites for hydroxylation is 1. The molecule has 4 heteroatoms. The fourth-order valence-electron chi connectivity index (χ4n) is 1.46. The Hall–Kier alpha value is -1.48. The van der Waals surface area contributed by atoms with Gasteiger partial charge in [-0.15, -0.1) is 0 Å². The molecule has 0 atom stereocenters. The Bertz CT molecular complexity index is 502. The summed E-state index contributed by atoms with van der Waals surface area (Å²) in [7, 11) is 0. The van der Waals surface area contributed by atoms with Crippen LogP contribution in [0.15, 0.2) is 29.6 Å². The monoisotopic (exact) mass is 208 g/mol. The van der Waals surface area contributed by atoms with E-state index < -0.39 is 0 Å². The van der Waals surface area contributed by atoms with Gasteiger partial charge < -0.3 is 10.2 Å². The lowest BCUT2D eigenvalue weighted by Gasteiger charge is -1.95. The largest absolute Gasteiger partial charge is 0.410 e. The van der Waals surface area contributed by atoms with Gasteiger partial charge in [-0.3, -0.25) is 0 Å². The molecule has 0 radical (unpaired) electrons. The minimum atomic E-state index is 0.0973. The molecule has 72 valence electrons. The van der Waals surface area contributed by atoms with Gasteiger partial charge in [-0.1, -0.05) is 28.9 Å². The number of nitrogens with zero attached hydrogens (tertiary/aromatic N) is 1. The molecule has 14 heavy (non-hydrogen) atoms. The lowest BCUT2D eigenvalue weighted by molar-refractivity contribution is 0.321. The first-order chi connectivity index (χ1) is 6.72. The number of benzene rings is 1. The number of nitrogens with one attached hydrogen (secondary N) is 1. The topological polar surface area (TPSA) is 48.4 Å². The van der Waals surface area contributed by atoms with Gasteiger partial charge in [-0.2, -0.15) is 0 Å². The number of aromatic nitrogens is 1. The number of fused-ring (bicyclic) bond motifs is 1. The van der Waals surface area contributed by atoms with Crippen molar-refractivity contribution >= 4 is 27.7 Å². The Morgan fingerprint density at radius 2 is 2.29 bits per heavy atom. The van der Waals surface area contributed by atoms with E-state index in [1.54, 1.807) is 6.20 Å². The summed E-state index contributed by atoms with van der Waals surface area (Å²) in [5, 5.41) is 12.6. The van der Waals surface area contributed by atoms with Crippen LogP contribution in [0.4, 0.5) is 0 Å². The van der Waals surface area contributed by atoms with E-state index in [-0.39, 0.29) is 5.17 Å². The number of H-pyrrole nitrogens is 1. The molecule has 1 aromatic carbocycles. The molecule has 2 rings (SSSR count). The molecule has 1 heterocycles. The Balaban J connectivity index is 2.70. The van der Waals surface area contributed by atoms with Gasteiger partial charge in [0.25, 0.3) is 0 Å². The van der Waals surface area contributed by atoms with E-state index in [9.17, 15) is 0 Å². The third kappa shape index (κ3) is 1.36. The van der Waals surface area contributed by atoms with Gasteiger partial charge in [0.2, 0.25) is 0 Å². The van der Waals surface area contributed by atoms with Crippen molar-refractivity contribution in [2.24, 2.45) is 5.16 Å². The molecule has 0 aliphatic carbocycles. The van der Waals surface area contributed by atoms with Gasteiger partial charge in [0.1, 0.15) is 0 Å². The summed E-state index contributed by atoms with van der Waals surface area (Å²) in [5.41, 5.74) is 2.87. The van der Waals surface area contributed by atoms with Crippen LogP contribution in [0.1, 0.15) is 11.1 Å². The van der Waals surface area contributed by atoms with Crippen LogP contribution in [-0.2, 0) is 0 Å². The second-order valence-electron chi connectivity index (χ2n) is 3.14. The van der Waals surface area contributed by atoms with Gasteiger partial charge in [0.05, 0.1) is 0 Å². The molecular weight excluding hydrogens is 200 g/mol. The smallest absolute Gasteiger partial charge is 0.177 e. The highest BCUT2D eigenvalue weighted by Crippen LogP contribution is 2.21. The first-order valence-corrected chi connectivity index (χ1v) is 4.56. The molecule has 0 amide bonds. The second-order valence-corrected chi connectivity index (χ2v) is 3.50. The maximum Gasteiger partial charge on any atom is 0.177 e. The fourth-order valence-corrected chi connectivity index (χ4v) is 1.62. The van der Waals surface area contributed by atoms with Gasteiger partial charge in [-0.25, -0.2) is 0 Å². The second kappa shape index (κ2) is 3.35. The van der Waals surface area contributed by atoms with Crippen LogP contribution in [-0.4, -0.2) is 15.4 Å². The summed E-state index contributed by atoms with van der Waals surface area (Å²) in [4.78, 5) is 3.07. The lowest BCUT2D eigenvalue weighted by atomic mass is 10.1. The molecule has 2 N–H and O–H groups in total. The van der Waals surface area contributed by atoms with Gasteiger partial charge in [0, 0.05) is 22.7 Å². The molecule has 0 bridgehead atoms. The fraction of sp³-hybridized carbons (Fsp3) is 0.100. The zero-order chi connectivity index (χ0) is 10.1. The summed E-state index contributed by atoms with van der Waals surface area (Å²) in [6.07, 6.45) is 1.73. The highest BCUT2D eigenvalue weighted by Gasteiger charge is 2.07. The van der Waals surface area contributed by atoms with Gasteiger partial charge >= 0.3 is 0 Å². The van der Waals surface area contributed by atoms with Crippen molar-refractivity contribution in [1.82, 2.24) is 4.98 Å². The van der Waals surface area contributed by atoms with Crippen molar-refractivity contribution in [1.29, 1.82) is 0 Å². The van der Waals surface area contributed by atoms with Crippen molar-refractivity contribution in [3.8, 4) is 0 Å². The first-order valence-electron chi connectivity index (χ1n) is 4.18. The molecular formula is C10H9ClN2O. The van der Waals surface area contributed by atoms with E-state index in [4.69, 9.17) is 16.8 Å². The third-order valence-electron chi connectivity index (χ3n) is 2.15. The summed E-state index contributed by atoms with van der Waals surface area (Å²) in [6.45, 7) is 2.02. The predicted molar refractivity (Wildman–Crippen MR) is 57.2 cm³/mol. The number of aromatic amines is 1. The molecule has 0 spiro atoms. The van der Waals surface area contributed by atoms with Crippen molar-refractivity contribution in [2.75, 3.05) is 0 Å². The van der Waals surface area contributed by atoms with Crippen molar-refractivity contribution < 1.29 is 5.21 Å². The maximum atomic E-state index is 8.56. The van der Waals surface area contributed by atoms with Crippen LogP contribution in [0.3, 0.4) is 0 Å². The summed E-state index contributed by atoms with van der Waals surface area (Å²) >= 11 is 5.73. The standard InChI is InChI=1S/C10H9ClN2O/c1-6-2-3-7-8(10(11)13-14)5-12-9(7)4-6/h2-5,12,14H,1H3/b13-10+. The summed E-state index contributed by atoms with van der Waals surface area (Å²) < 4.78 is 0. The van der Waals surface area contributed by atoms with Crippen LogP contribution in [0.5, 0.6) is 0 Å². The Labute approximate surface area is 86.0 Å². The van der Waals surface area contributed by atoms with E-state index >= 15 is 0 Å². The molecule has 2 aromatic rings. The van der Waals surface area contributed by atoms with Gasteiger partial charge in [0.15, 0.2) is 5.17 Å². The van der Waals surface area contributed by atoms with Crippen LogP contribution in [0.2, 0.25) is 0 Å². The lowest BCUT2D eigenvalue weighted by Crippen LogP contribution is -1.88. The van der Waals surface area contributed by atoms with Crippen LogP contribution in [0, 0.1) is 6.92 Å². The minimum Gasteiger partial charge on any atom is -0.410 e. The highest BCUT2D eigenvalue weighted by molar-refractivity contribution is 6.70. The minimum absolute atomic E-state index is 0.0973. The van der Waals surface area contributed by atoms with E-state index in [0.29, 0.717) is 5.56 Å². The molecule has 1 aromatic heterocycles. The number of rotatable bonds is 1.